The SMILES string of the molecule is O=C1N[C@H]([C@H](O)CO)C(=O)C1=O. The maximum absolute atomic E-state index is 10.8. The van der Waals surface area contributed by atoms with Gasteiger partial charge in [0.1, 0.15) is 12.1 Å². The fourth-order valence-electron chi connectivity index (χ4n) is 0.902. The molecule has 6 nitrogen and oxygen atoms in total. The summed E-state index contributed by atoms with van der Waals surface area (Å²) in [6.07, 6.45) is -1.41. The number of aliphatic hydroxyl groups excluding tert-OH is 2. The van der Waals surface area contributed by atoms with Crippen molar-refractivity contribution in [3.05, 3.63) is 0 Å². The van der Waals surface area contributed by atoms with E-state index in [9.17, 15) is 14.4 Å². The number of ketones is 2. The molecule has 1 rings (SSSR count). The molecule has 0 aromatic heterocycles. The summed E-state index contributed by atoms with van der Waals surface area (Å²) in [5.74, 6) is -3.20. The lowest BCUT2D eigenvalue weighted by atomic mass is 10.1. The molecule has 0 unspecified atom stereocenters. The van der Waals surface area contributed by atoms with Crippen molar-refractivity contribution in [2.24, 2.45) is 0 Å². The molecule has 0 bridgehead atoms. The zero-order chi connectivity index (χ0) is 9.30. The Kier molecular flexibility index (Phi) is 2.20. The molecule has 0 aromatic rings. The molecule has 0 saturated carbocycles. The van der Waals surface area contributed by atoms with Gasteiger partial charge in [-0.2, -0.15) is 0 Å². The summed E-state index contributed by atoms with van der Waals surface area (Å²) in [7, 11) is 0. The Balaban J connectivity index is 2.78. The van der Waals surface area contributed by atoms with Crippen LogP contribution in [0.3, 0.4) is 0 Å². The second kappa shape index (κ2) is 3.00. The first kappa shape index (κ1) is 8.82. The number of carbonyl (C=O) groups excluding carboxylic acids is 3. The third-order valence-corrected chi connectivity index (χ3v) is 1.57. The first-order valence-corrected chi connectivity index (χ1v) is 3.26. The summed E-state index contributed by atoms with van der Waals surface area (Å²) >= 11 is 0. The van der Waals surface area contributed by atoms with Crippen LogP contribution in [0.15, 0.2) is 0 Å². The van der Waals surface area contributed by atoms with E-state index in [0.29, 0.717) is 0 Å². The van der Waals surface area contributed by atoms with Crippen molar-refractivity contribution < 1.29 is 24.6 Å². The number of nitrogens with one attached hydrogen (secondary N) is 1. The molecule has 0 aliphatic carbocycles. The Bertz CT molecular complexity index is 248. The van der Waals surface area contributed by atoms with Crippen LogP contribution >= 0.6 is 0 Å². The number of carbonyl (C=O) groups is 3. The largest absolute Gasteiger partial charge is 0.394 e. The van der Waals surface area contributed by atoms with Gasteiger partial charge in [0.15, 0.2) is 0 Å². The van der Waals surface area contributed by atoms with Crippen LogP contribution in [0.25, 0.3) is 0 Å². The molecule has 2 atom stereocenters. The smallest absolute Gasteiger partial charge is 0.296 e. The highest BCUT2D eigenvalue weighted by atomic mass is 16.3. The van der Waals surface area contributed by atoms with Crippen LogP contribution in [-0.2, 0) is 14.4 Å². The predicted molar refractivity (Wildman–Crippen MR) is 35.0 cm³/mol. The Morgan fingerprint density at radius 2 is 2.00 bits per heavy atom. The van der Waals surface area contributed by atoms with Gasteiger partial charge in [0, 0.05) is 0 Å². The maximum Gasteiger partial charge on any atom is 0.296 e. The molecule has 3 N–H and O–H groups in total. The highest BCUT2D eigenvalue weighted by Crippen LogP contribution is 2.03. The molecular formula is C6H7NO5. The number of amides is 1. The van der Waals surface area contributed by atoms with Gasteiger partial charge in [-0.15, -0.1) is 0 Å². The summed E-state index contributed by atoms with van der Waals surface area (Å²) < 4.78 is 0. The van der Waals surface area contributed by atoms with Crippen LogP contribution in [-0.4, -0.2) is 46.4 Å². The molecule has 0 spiro atoms. The number of Topliss-reactive ketones (excluding diaryl/α,β-unsaturated/α-hetero) is 2. The van der Waals surface area contributed by atoms with Gasteiger partial charge in [0.2, 0.25) is 5.78 Å². The third kappa shape index (κ3) is 1.21. The zero-order valence-electron chi connectivity index (χ0n) is 5.98. The molecule has 0 aromatic carbocycles. The molecule has 66 valence electrons. The van der Waals surface area contributed by atoms with Gasteiger partial charge in [0.05, 0.1) is 6.61 Å². The Morgan fingerprint density at radius 3 is 2.33 bits per heavy atom. The van der Waals surface area contributed by atoms with Crippen molar-refractivity contribution in [2.75, 3.05) is 6.61 Å². The zero-order valence-corrected chi connectivity index (χ0v) is 5.98. The van der Waals surface area contributed by atoms with E-state index < -0.39 is 36.2 Å². The predicted octanol–water partition coefficient (Wildman–Crippen LogP) is -3.02. The maximum atomic E-state index is 10.8. The molecule has 1 aliphatic heterocycles. The highest BCUT2D eigenvalue weighted by Gasteiger charge is 2.42. The lowest BCUT2D eigenvalue weighted by Gasteiger charge is -2.11. The van der Waals surface area contributed by atoms with Crippen molar-refractivity contribution in [1.29, 1.82) is 0 Å². The molecule has 1 fully saturated rings. The van der Waals surface area contributed by atoms with Crippen molar-refractivity contribution >= 4 is 17.5 Å². The van der Waals surface area contributed by atoms with Crippen LogP contribution < -0.4 is 5.32 Å². The van der Waals surface area contributed by atoms with E-state index in [4.69, 9.17) is 10.2 Å². The molecule has 12 heavy (non-hydrogen) atoms. The standard InChI is InChI=1S/C6H7NO5/c8-1-2(9)3-4(10)5(11)6(12)7-3/h2-3,8-9H,1H2,(H,7,12)/t2-,3-/m1/s1. The molecular weight excluding hydrogens is 166 g/mol. The highest BCUT2D eigenvalue weighted by molar-refractivity contribution is 6.67. The Hall–Kier alpha value is -1.27. The minimum Gasteiger partial charge on any atom is -0.394 e. The van der Waals surface area contributed by atoms with Gasteiger partial charge in [0.25, 0.3) is 11.7 Å². The van der Waals surface area contributed by atoms with E-state index in [1.54, 1.807) is 0 Å². The molecule has 1 aliphatic rings. The van der Waals surface area contributed by atoms with Crippen LogP contribution in [0.4, 0.5) is 0 Å². The average Bonchev–Trinajstić information content (AvgIpc) is 2.32. The first-order chi connectivity index (χ1) is 5.57. The quantitative estimate of drug-likeness (QED) is 0.385. The van der Waals surface area contributed by atoms with Crippen molar-refractivity contribution in [2.45, 2.75) is 12.1 Å². The van der Waals surface area contributed by atoms with Gasteiger partial charge in [-0.1, -0.05) is 0 Å². The van der Waals surface area contributed by atoms with Gasteiger partial charge < -0.3 is 15.5 Å². The lowest BCUT2D eigenvalue weighted by molar-refractivity contribution is -0.141. The summed E-state index contributed by atoms with van der Waals surface area (Å²) in [6, 6.07) is -1.28. The van der Waals surface area contributed by atoms with Crippen molar-refractivity contribution in [1.82, 2.24) is 5.32 Å². The number of rotatable bonds is 2. The van der Waals surface area contributed by atoms with E-state index in [1.165, 1.54) is 0 Å². The van der Waals surface area contributed by atoms with Gasteiger partial charge in [-0.25, -0.2) is 0 Å². The average molecular weight is 173 g/mol. The molecule has 1 heterocycles. The lowest BCUT2D eigenvalue weighted by Crippen LogP contribution is -2.42. The minimum absolute atomic E-state index is 0.677. The second-order valence-corrected chi connectivity index (χ2v) is 2.39. The van der Waals surface area contributed by atoms with E-state index in [0.717, 1.165) is 0 Å². The van der Waals surface area contributed by atoms with E-state index >= 15 is 0 Å². The first-order valence-electron chi connectivity index (χ1n) is 3.26. The van der Waals surface area contributed by atoms with Crippen LogP contribution in [0.2, 0.25) is 0 Å². The summed E-state index contributed by atoms with van der Waals surface area (Å²) in [5.41, 5.74) is 0. The summed E-state index contributed by atoms with van der Waals surface area (Å²) in [6.45, 7) is -0.677. The monoisotopic (exact) mass is 173 g/mol. The number of hydrogen-bond donors (Lipinski definition) is 3. The van der Waals surface area contributed by atoms with Gasteiger partial charge in [-0.3, -0.25) is 14.4 Å². The van der Waals surface area contributed by atoms with Gasteiger partial charge >= 0.3 is 0 Å². The normalized spacial score (nSPS) is 25.8. The minimum atomic E-state index is -1.41. The molecule has 1 amide bonds. The Morgan fingerprint density at radius 1 is 1.42 bits per heavy atom. The number of hydrogen-bond acceptors (Lipinski definition) is 5. The topological polar surface area (TPSA) is 104 Å². The van der Waals surface area contributed by atoms with E-state index in [2.05, 4.69) is 0 Å². The summed E-state index contributed by atoms with van der Waals surface area (Å²) in [4.78, 5) is 31.9. The second-order valence-electron chi connectivity index (χ2n) is 2.39. The summed E-state index contributed by atoms with van der Waals surface area (Å²) in [5, 5.41) is 19.3. The van der Waals surface area contributed by atoms with Crippen LogP contribution in [0, 0.1) is 0 Å². The van der Waals surface area contributed by atoms with Crippen LogP contribution in [0.1, 0.15) is 0 Å². The van der Waals surface area contributed by atoms with E-state index in [-0.39, 0.29) is 0 Å². The fourth-order valence-corrected chi connectivity index (χ4v) is 0.902. The third-order valence-electron chi connectivity index (χ3n) is 1.57. The van der Waals surface area contributed by atoms with Gasteiger partial charge in [-0.05, 0) is 0 Å². The molecule has 1 saturated heterocycles. The molecule has 0 radical (unpaired) electrons. The molecule has 6 heteroatoms. The van der Waals surface area contributed by atoms with Crippen molar-refractivity contribution in [3.8, 4) is 0 Å². The number of aliphatic hydroxyl groups is 2. The van der Waals surface area contributed by atoms with E-state index in [1.807, 2.05) is 5.32 Å². The van der Waals surface area contributed by atoms with Crippen molar-refractivity contribution in [3.63, 3.8) is 0 Å². The Labute approximate surface area is 67.2 Å². The fraction of sp³-hybridized carbons (Fsp3) is 0.500. The van der Waals surface area contributed by atoms with Crippen LogP contribution in [0.5, 0.6) is 0 Å².